The van der Waals surface area contributed by atoms with Gasteiger partial charge in [-0.2, -0.15) is 0 Å². The molecule has 2 bridgehead atoms. The number of aromatic nitrogens is 3. The van der Waals surface area contributed by atoms with E-state index in [0.29, 0.717) is 18.0 Å². The predicted octanol–water partition coefficient (Wildman–Crippen LogP) is 4.68. The second-order valence-electron chi connectivity index (χ2n) is 8.44. The van der Waals surface area contributed by atoms with Crippen LogP contribution in [0.2, 0.25) is 0 Å². The highest BCUT2D eigenvalue weighted by atomic mass is 15.2. The molecule has 2 fully saturated rings. The molecule has 4 nitrogen and oxygen atoms in total. The standard InChI is InChI=1S/C24H24N4/c1-2-12-25-21(3-1)17-6-4-16(5-7-17)15-28-19-10-11-23(28)20-14-26-24(18-8-9-18)27-22(20)13-19/h1-7,12,14,18-19,23H,8-11,13,15H2/t19-,23-/m1/s1. The third-order valence-electron chi connectivity index (χ3n) is 6.57. The Labute approximate surface area is 165 Å². The number of rotatable bonds is 4. The third kappa shape index (κ3) is 2.83. The molecule has 2 aromatic heterocycles. The maximum absolute atomic E-state index is 4.96. The normalized spacial score (nSPS) is 23.6. The van der Waals surface area contributed by atoms with E-state index >= 15 is 0 Å². The first-order valence-corrected chi connectivity index (χ1v) is 10.5. The van der Waals surface area contributed by atoms with Gasteiger partial charge in [0.15, 0.2) is 0 Å². The molecule has 1 aromatic carbocycles. The average Bonchev–Trinajstić information content (AvgIpc) is 3.55. The SMILES string of the molecule is c1ccc(-c2ccc(CN3[C@@H]4CC[C@@H]3c3cnc(C5CC5)nc3C4)cc2)nc1. The summed E-state index contributed by atoms with van der Waals surface area (Å²) in [5.41, 5.74) is 6.28. The van der Waals surface area contributed by atoms with E-state index in [-0.39, 0.29) is 0 Å². The van der Waals surface area contributed by atoms with Crippen LogP contribution in [-0.2, 0) is 13.0 Å². The van der Waals surface area contributed by atoms with Gasteiger partial charge in [-0.05, 0) is 43.4 Å². The minimum Gasteiger partial charge on any atom is -0.289 e. The number of fused-ring (bicyclic) bond motifs is 4. The first-order chi connectivity index (χ1) is 13.8. The molecule has 0 N–H and O–H groups in total. The van der Waals surface area contributed by atoms with E-state index in [0.717, 1.165) is 24.5 Å². The summed E-state index contributed by atoms with van der Waals surface area (Å²) in [7, 11) is 0. The summed E-state index contributed by atoms with van der Waals surface area (Å²) < 4.78 is 0. The van der Waals surface area contributed by atoms with Crippen molar-refractivity contribution < 1.29 is 0 Å². The summed E-state index contributed by atoms with van der Waals surface area (Å²) in [5, 5.41) is 0. The molecule has 6 rings (SSSR count). The Morgan fingerprint density at radius 3 is 2.61 bits per heavy atom. The lowest BCUT2D eigenvalue weighted by atomic mass is 9.98. The van der Waals surface area contributed by atoms with E-state index in [2.05, 4.69) is 46.4 Å². The Kier molecular flexibility index (Phi) is 3.79. The fourth-order valence-corrected chi connectivity index (χ4v) is 4.90. The van der Waals surface area contributed by atoms with Gasteiger partial charge in [-0.25, -0.2) is 9.97 Å². The van der Waals surface area contributed by atoms with Crippen LogP contribution < -0.4 is 0 Å². The number of hydrogen-bond donors (Lipinski definition) is 0. The molecule has 1 saturated carbocycles. The minimum absolute atomic E-state index is 0.484. The van der Waals surface area contributed by atoms with Crippen LogP contribution in [0.5, 0.6) is 0 Å². The van der Waals surface area contributed by atoms with Crippen LogP contribution in [-0.4, -0.2) is 25.9 Å². The van der Waals surface area contributed by atoms with Gasteiger partial charge in [0.05, 0.1) is 11.4 Å². The number of benzene rings is 1. The van der Waals surface area contributed by atoms with Gasteiger partial charge in [0.2, 0.25) is 0 Å². The summed E-state index contributed by atoms with van der Waals surface area (Å²) in [4.78, 5) is 16.8. The molecular formula is C24H24N4. The average molecular weight is 368 g/mol. The lowest BCUT2D eigenvalue weighted by molar-refractivity contribution is 0.166. The molecule has 0 unspecified atom stereocenters. The van der Waals surface area contributed by atoms with Crippen molar-refractivity contribution in [2.45, 2.75) is 56.7 Å². The van der Waals surface area contributed by atoms with Gasteiger partial charge >= 0.3 is 0 Å². The summed E-state index contributed by atoms with van der Waals surface area (Å²) in [6.45, 7) is 1.00. The van der Waals surface area contributed by atoms with Gasteiger partial charge in [-0.15, -0.1) is 0 Å². The Hall–Kier alpha value is -2.59. The van der Waals surface area contributed by atoms with Crippen molar-refractivity contribution in [1.82, 2.24) is 19.9 Å². The van der Waals surface area contributed by atoms with E-state index in [4.69, 9.17) is 9.97 Å². The molecule has 0 spiro atoms. The van der Waals surface area contributed by atoms with Gasteiger partial charge in [0, 0.05) is 54.5 Å². The lowest BCUT2D eigenvalue weighted by Crippen LogP contribution is -2.37. The highest BCUT2D eigenvalue weighted by Crippen LogP contribution is 2.45. The second kappa shape index (κ2) is 6.49. The fraction of sp³-hybridized carbons (Fsp3) is 0.375. The molecular weight excluding hydrogens is 344 g/mol. The fourth-order valence-electron chi connectivity index (χ4n) is 4.90. The van der Waals surface area contributed by atoms with Gasteiger partial charge in [0.1, 0.15) is 5.82 Å². The molecule has 28 heavy (non-hydrogen) atoms. The van der Waals surface area contributed by atoms with Gasteiger partial charge in [0.25, 0.3) is 0 Å². The zero-order chi connectivity index (χ0) is 18.5. The molecule has 140 valence electrons. The van der Waals surface area contributed by atoms with E-state index < -0.39 is 0 Å². The highest BCUT2D eigenvalue weighted by Gasteiger charge is 2.41. The van der Waals surface area contributed by atoms with Gasteiger partial charge in [-0.1, -0.05) is 30.3 Å². The molecule has 0 amide bonds. The molecule has 3 aliphatic rings. The van der Waals surface area contributed by atoms with Gasteiger partial charge < -0.3 is 0 Å². The maximum Gasteiger partial charge on any atom is 0.131 e. The molecule has 1 aliphatic carbocycles. The van der Waals surface area contributed by atoms with Crippen molar-refractivity contribution in [3.63, 3.8) is 0 Å². The van der Waals surface area contributed by atoms with Crippen LogP contribution in [0.25, 0.3) is 11.3 Å². The Morgan fingerprint density at radius 1 is 0.929 bits per heavy atom. The largest absolute Gasteiger partial charge is 0.289 e. The summed E-state index contributed by atoms with van der Waals surface area (Å²) in [5.74, 6) is 1.73. The monoisotopic (exact) mass is 368 g/mol. The molecule has 3 aromatic rings. The van der Waals surface area contributed by atoms with Crippen LogP contribution in [0.1, 0.15) is 60.3 Å². The summed E-state index contributed by atoms with van der Waals surface area (Å²) >= 11 is 0. The number of pyridine rings is 1. The van der Waals surface area contributed by atoms with Crippen molar-refractivity contribution in [2.24, 2.45) is 0 Å². The maximum atomic E-state index is 4.96. The second-order valence-corrected chi connectivity index (χ2v) is 8.44. The van der Waals surface area contributed by atoms with Gasteiger partial charge in [-0.3, -0.25) is 9.88 Å². The highest BCUT2D eigenvalue weighted by molar-refractivity contribution is 5.59. The van der Waals surface area contributed by atoms with Crippen LogP contribution in [0, 0.1) is 0 Å². The topological polar surface area (TPSA) is 41.9 Å². The van der Waals surface area contributed by atoms with Crippen molar-refractivity contribution in [1.29, 1.82) is 0 Å². The lowest BCUT2D eigenvalue weighted by Gasteiger charge is -2.35. The molecule has 2 aliphatic heterocycles. The molecule has 2 atom stereocenters. The first kappa shape index (κ1) is 16.4. The van der Waals surface area contributed by atoms with Crippen molar-refractivity contribution >= 4 is 0 Å². The predicted molar refractivity (Wildman–Crippen MR) is 109 cm³/mol. The molecule has 4 heterocycles. The first-order valence-electron chi connectivity index (χ1n) is 10.5. The zero-order valence-electron chi connectivity index (χ0n) is 16.0. The van der Waals surface area contributed by atoms with E-state index in [1.165, 1.54) is 48.1 Å². The summed E-state index contributed by atoms with van der Waals surface area (Å²) in [6, 6.07) is 16.1. The van der Waals surface area contributed by atoms with E-state index in [1.54, 1.807) is 0 Å². The number of nitrogens with zero attached hydrogens (tertiary/aromatic N) is 4. The molecule has 4 heteroatoms. The van der Waals surface area contributed by atoms with Crippen LogP contribution in [0.4, 0.5) is 0 Å². The Morgan fingerprint density at radius 2 is 1.82 bits per heavy atom. The van der Waals surface area contributed by atoms with Crippen LogP contribution in [0.3, 0.4) is 0 Å². The van der Waals surface area contributed by atoms with E-state index in [1.807, 2.05) is 18.3 Å². The Bertz CT molecular complexity index is 995. The summed E-state index contributed by atoms with van der Waals surface area (Å²) in [6.07, 6.45) is 10.1. The van der Waals surface area contributed by atoms with Crippen molar-refractivity contribution in [2.75, 3.05) is 0 Å². The van der Waals surface area contributed by atoms with Crippen molar-refractivity contribution in [3.05, 3.63) is 77.5 Å². The quantitative estimate of drug-likeness (QED) is 0.671. The Balaban J connectivity index is 1.23. The minimum atomic E-state index is 0.484. The van der Waals surface area contributed by atoms with Crippen LogP contribution >= 0.6 is 0 Å². The smallest absolute Gasteiger partial charge is 0.131 e. The molecule has 1 saturated heterocycles. The number of hydrogen-bond acceptors (Lipinski definition) is 4. The zero-order valence-corrected chi connectivity index (χ0v) is 16.0. The van der Waals surface area contributed by atoms with Crippen molar-refractivity contribution in [3.8, 4) is 11.3 Å². The van der Waals surface area contributed by atoms with E-state index in [9.17, 15) is 0 Å². The van der Waals surface area contributed by atoms with Crippen LogP contribution in [0.15, 0.2) is 54.9 Å². The third-order valence-corrected chi connectivity index (χ3v) is 6.57. The molecule has 0 radical (unpaired) electrons.